The van der Waals surface area contributed by atoms with Gasteiger partial charge >= 0.3 is 0 Å². The molecule has 0 amide bonds. The van der Waals surface area contributed by atoms with E-state index in [1.54, 1.807) is 0 Å². The van der Waals surface area contributed by atoms with Crippen LogP contribution in [0.2, 0.25) is 0 Å². The van der Waals surface area contributed by atoms with Crippen LogP contribution in [-0.2, 0) is 14.3 Å². The maximum absolute atomic E-state index is 9.96. The first-order valence-corrected chi connectivity index (χ1v) is 3.29. The van der Waals surface area contributed by atoms with Crippen molar-refractivity contribution in [3.63, 3.8) is 0 Å². The summed E-state index contributed by atoms with van der Waals surface area (Å²) in [6.45, 7) is 4.05. The normalized spacial score (nSPS) is 21.3. The minimum absolute atomic E-state index is 0.427. The van der Waals surface area contributed by atoms with Crippen molar-refractivity contribution in [2.45, 2.75) is 12.7 Å². The molecule has 0 bridgehead atoms. The Morgan fingerprint density at radius 2 is 2.40 bits per heavy atom. The van der Waals surface area contributed by atoms with Crippen LogP contribution in [0, 0.1) is 0 Å². The van der Waals surface area contributed by atoms with Gasteiger partial charge in [-0.25, -0.2) is 0 Å². The minimum atomic E-state index is -0.656. The van der Waals surface area contributed by atoms with Crippen molar-refractivity contribution < 1.29 is 14.3 Å². The number of rotatable bonds is 4. The summed E-state index contributed by atoms with van der Waals surface area (Å²) < 4.78 is 9.93. The lowest BCUT2D eigenvalue weighted by Crippen LogP contribution is -2.62. The zero-order chi connectivity index (χ0) is 7.45. The fourth-order valence-corrected chi connectivity index (χ4v) is 0.899. The van der Waals surface area contributed by atoms with Gasteiger partial charge in [-0.1, -0.05) is 0 Å². The standard InChI is InChI=1S/C6H11NO3/c1-2-9-6(10-5-8)3-7-4-6/h5,7H,2-4H2,1H3. The zero-order valence-corrected chi connectivity index (χ0v) is 5.92. The summed E-state index contributed by atoms with van der Waals surface area (Å²) in [6, 6.07) is 0. The van der Waals surface area contributed by atoms with E-state index in [0.29, 0.717) is 26.2 Å². The Kier molecular flexibility index (Phi) is 2.24. The highest BCUT2D eigenvalue weighted by Crippen LogP contribution is 2.16. The lowest BCUT2D eigenvalue weighted by atomic mass is 10.1. The van der Waals surface area contributed by atoms with E-state index in [9.17, 15) is 4.79 Å². The van der Waals surface area contributed by atoms with Crippen molar-refractivity contribution in [1.82, 2.24) is 5.32 Å². The smallest absolute Gasteiger partial charge is 0.295 e. The molecule has 0 aromatic carbocycles. The van der Waals surface area contributed by atoms with Crippen molar-refractivity contribution in [2.75, 3.05) is 19.7 Å². The molecule has 1 aliphatic rings. The molecule has 58 valence electrons. The van der Waals surface area contributed by atoms with Gasteiger partial charge in [0.2, 0.25) is 5.79 Å². The average molecular weight is 145 g/mol. The van der Waals surface area contributed by atoms with Crippen molar-refractivity contribution in [3.05, 3.63) is 0 Å². The highest BCUT2D eigenvalue weighted by Gasteiger charge is 2.39. The quantitative estimate of drug-likeness (QED) is 0.428. The SMILES string of the molecule is CCOC1(OC=O)CNC1. The first kappa shape index (κ1) is 7.50. The van der Waals surface area contributed by atoms with Gasteiger partial charge in [0.1, 0.15) is 0 Å². The van der Waals surface area contributed by atoms with E-state index >= 15 is 0 Å². The average Bonchev–Trinajstić information content (AvgIpc) is 1.84. The number of hydrogen-bond acceptors (Lipinski definition) is 4. The van der Waals surface area contributed by atoms with Gasteiger partial charge in [0.15, 0.2) is 0 Å². The maximum Gasteiger partial charge on any atom is 0.295 e. The van der Waals surface area contributed by atoms with E-state index in [0.717, 1.165) is 0 Å². The van der Waals surface area contributed by atoms with E-state index in [1.807, 2.05) is 6.92 Å². The zero-order valence-electron chi connectivity index (χ0n) is 5.92. The molecular weight excluding hydrogens is 134 g/mol. The molecule has 4 nitrogen and oxygen atoms in total. The third kappa shape index (κ3) is 1.27. The molecule has 1 saturated heterocycles. The van der Waals surface area contributed by atoms with Gasteiger partial charge in [-0.2, -0.15) is 0 Å². The predicted molar refractivity (Wildman–Crippen MR) is 34.4 cm³/mol. The third-order valence-electron chi connectivity index (χ3n) is 1.46. The second kappa shape index (κ2) is 2.98. The number of nitrogens with one attached hydrogen (secondary N) is 1. The number of carbonyl (C=O) groups is 1. The third-order valence-corrected chi connectivity index (χ3v) is 1.46. The fraction of sp³-hybridized carbons (Fsp3) is 0.833. The summed E-state index contributed by atoms with van der Waals surface area (Å²) in [6.07, 6.45) is 0. The minimum Gasteiger partial charge on any atom is -0.432 e. The first-order chi connectivity index (χ1) is 4.83. The summed E-state index contributed by atoms with van der Waals surface area (Å²) >= 11 is 0. The second-order valence-corrected chi connectivity index (χ2v) is 2.16. The Labute approximate surface area is 59.5 Å². The molecule has 0 spiro atoms. The van der Waals surface area contributed by atoms with Gasteiger partial charge < -0.3 is 14.8 Å². The van der Waals surface area contributed by atoms with Gasteiger partial charge in [0.25, 0.3) is 6.47 Å². The summed E-state index contributed by atoms with van der Waals surface area (Å²) in [5.74, 6) is -0.656. The van der Waals surface area contributed by atoms with Crippen LogP contribution in [0.4, 0.5) is 0 Å². The molecule has 10 heavy (non-hydrogen) atoms. The topological polar surface area (TPSA) is 47.6 Å². The Balaban J connectivity index is 2.34. The summed E-state index contributed by atoms with van der Waals surface area (Å²) in [4.78, 5) is 9.96. The molecule has 1 rings (SSSR count). The number of hydrogen-bond donors (Lipinski definition) is 1. The van der Waals surface area contributed by atoms with Gasteiger partial charge in [-0.05, 0) is 6.92 Å². The predicted octanol–water partition coefficient (Wildman–Crippen LogP) is -0.505. The Bertz CT molecular complexity index is 122. The van der Waals surface area contributed by atoms with Crippen LogP contribution >= 0.6 is 0 Å². The van der Waals surface area contributed by atoms with E-state index < -0.39 is 5.79 Å². The monoisotopic (exact) mass is 145 g/mol. The van der Waals surface area contributed by atoms with E-state index in [4.69, 9.17) is 9.47 Å². The van der Waals surface area contributed by atoms with Crippen molar-refractivity contribution >= 4 is 6.47 Å². The molecule has 0 atom stereocenters. The van der Waals surface area contributed by atoms with Crippen molar-refractivity contribution in [1.29, 1.82) is 0 Å². The van der Waals surface area contributed by atoms with Gasteiger partial charge in [0, 0.05) is 6.61 Å². The summed E-state index contributed by atoms with van der Waals surface area (Å²) in [7, 11) is 0. The molecule has 0 aliphatic carbocycles. The Morgan fingerprint density at radius 1 is 1.70 bits per heavy atom. The maximum atomic E-state index is 9.96. The van der Waals surface area contributed by atoms with Crippen LogP contribution in [0.25, 0.3) is 0 Å². The van der Waals surface area contributed by atoms with Crippen LogP contribution in [0.3, 0.4) is 0 Å². The van der Waals surface area contributed by atoms with E-state index in [-0.39, 0.29) is 0 Å². The van der Waals surface area contributed by atoms with Gasteiger partial charge in [-0.3, -0.25) is 4.79 Å². The van der Waals surface area contributed by atoms with Gasteiger partial charge in [0.05, 0.1) is 13.1 Å². The highest BCUT2D eigenvalue weighted by molar-refractivity contribution is 5.38. The molecule has 0 aromatic rings. The number of ether oxygens (including phenoxy) is 2. The Morgan fingerprint density at radius 3 is 2.70 bits per heavy atom. The molecule has 0 aromatic heterocycles. The summed E-state index contributed by atoms with van der Waals surface area (Å²) in [5.41, 5.74) is 0. The molecule has 1 fully saturated rings. The largest absolute Gasteiger partial charge is 0.432 e. The molecular formula is C6H11NO3. The van der Waals surface area contributed by atoms with Crippen molar-refractivity contribution in [2.24, 2.45) is 0 Å². The number of carbonyl (C=O) groups excluding carboxylic acids is 1. The molecule has 1 aliphatic heterocycles. The van der Waals surface area contributed by atoms with Crippen molar-refractivity contribution in [3.8, 4) is 0 Å². The lowest BCUT2D eigenvalue weighted by molar-refractivity contribution is -0.239. The van der Waals surface area contributed by atoms with Crippen LogP contribution < -0.4 is 5.32 Å². The highest BCUT2D eigenvalue weighted by atomic mass is 16.7. The van der Waals surface area contributed by atoms with Gasteiger partial charge in [-0.15, -0.1) is 0 Å². The van der Waals surface area contributed by atoms with Crippen LogP contribution in [0.1, 0.15) is 6.92 Å². The van der Waals surface area contributed by atoms with E-state index in [2.05, 4.69) is 5.32 Å². The Hall–Kier alpha value is -0.610. The summed E-state index contributed by atoms with van der Waals surface area (Å²) in [5, 5.41) is 2.96. The first-order valence-electron chi connectivity index (χ1n) is 3.29. The molecule has 0 radical (unpaired) electrons. The van der Waals surface area contributed by atoms with Crippen LogP contribution in [0.5, 0.6) is 0 Å². The second-order valence-electron chi connectivity index (χ2n) is 2.16. The molecule has 1 N–H and O–H groups in total. The molecule has 0 unspecified atom stereocenters. The molecule has 4 heteroatoms. The fourth-order valence-electron chi connectivity index (χ4n) is 0.899. The lowest BCUT2D eigenvalue weighted by Gasteiger charge is -2.39. The molecule has 1 heterocycles. The van der Waals surface area contributed by atoms with Crippen LogP contribution in [-0.4, -0.2) is 32.0 Å². The van der Waals surface area contributed by atoms with E-state index in [1.165, 1.54) is 0 Å². The van der Waals surface area contributed by atoms with Crippen LogP contribution in [0.15, 0.2) is 0 Å². The molecule has 0 saturated carbocycles.